The average molecular weight is 544 g/mol. The maximum absolute atomic E-state index is 4.55. The molecule has 4 rings (SSSR count). The minimum Gasteiger partial charge on any atom is -0.349 e. The SMILES string of the molecule is CN=C(NCc1nccn1Cc1ccccc1)N1CCN(Cc2cccc(C)c2)CC1.I. The van der Waals surface area contributed by atoms with E-state index >= 15 is 0 Å². The summed E-state index contributed by atoms with van der Waals surface area (Å²) in [5, 5.41) is 3.51. The lowest BCUT2D eigenvalue weighted by Crippen LogP contribution is -2.52. The zero-order valence-electron chi connectivity index (χ0n) is 18.9. The number of nitrogens with one attached hydrogen (secondary N) is 1. The second kappa shape index (κ2) is 12.0. The number of imidazole rings is 1. The van der Waals surface area contributed by atoms with E-state index in [2.05, 4.69) is 85.1 Å². The van der Waals surface area contributed by atoms with Gasteiger partial charge in [-0.2, -0.15) is 0 Å². The molecule has 6 nitrogen and oxygen atoms in total. The van der Waals surface area contributed by atoms with Gasteiger partial charge in [-0.3, -0.25) is 9.89 Å². The Kier molecular flexibility index (Phi) is 9.11. The third-order valence-electron chi connectivity index (χ3n) is 5.77. The lowest BCUT2D eigenvalue weighted by Gasteiger charge is -2.36. The number of aryl methyl sites for hydroxylation is 1. The number of hydrogen-bond acceptors (Lipinski definition) is 3. The fourth-order valence-electron chi connectivity index (χ4n) is 4.11. The number of nitrogens with zero attached hydrogens (tertiary/aromatic N) is 5. The highest BCUT2D eigenvalue weighted by Gasteiger charge is 2.20. The molecule has 2 aromatic carbocycles. The van der Waals surface area contributed by atoms with Gasteiger partial charge in [0.05, 0.1) is 6.54 Å². The standard InChI is InChI=1S/C25H32N6.HI/c1-21-7-6-10-23(17-21)19-29-13-15-30(16-14-29)25(26-2)28-18-24-27-11-12-31(24)20-22-8-4-3-5-9-22;/h3-12,17H,13-16,18-20H2,1-2H3,(H,26,28);1H. The predicted octanol–water partition coefficient (Wildman–Crippen LogP) is 3.75. The minimum atomic E-state index is 0. The van der Waals surface area contributed by atoms with Crippen LogP contribution in [-0.2, 0) is 19.6 Å². The molecule has 170 valence electrons. The molecule has 0 aliphatic carbocycles. The van der Waals surface area contributed by atoms with Gasteiger partial charge in [0.25, 0.3) is 0 Å². The summed E-state index contributed by atoms with van der Waals surface area (Å²) in [7, 11) is 1.86. The van der Waals surface area contributed by atoms with Crippen LogP contribution in [0.4, 0.5) is 0 Å². The summed E-state index contributed by atoms with van der Waals surface area (Å²) in [5.41, 5.74) is 3.99. The van der Waals surface area contributed by atoms with Crippen LogP contribution in [0.3, 0.4) is 0 Å². The maximum Gasteiger partial charge on any atom is 0.194 e. The number of piperazine rings is 1. The summed E-state index contributed by atoms with van der Waals surface area (Å²) in [4.78, 5) is 13.9. The van der Waals surface area contributed by atoms with Gasteiger partial charge in [0.2, 0.25) is 0 Å². The summed E-state index contributed by atoms with van der Waals surface area (Å²) < 4.78 is 2.19. The molecular weight excluding hydrogens is 511 g/mol. The second-order valence-corrected chi connectivity index (χ2v) is 8.11. The molecule has 0 bridgehead atoms. The number of halogens is 1. The van der Waals surface area contributed by atoms with E-state index in [1.54, 1.807) is 0 Å². The van der Waals surface area contributed by atoms with Crippen molar-refractivity contribution in [1.29, 1.82) is 0 Å². The van der Waals surface area contributed by atoms with Gasteiger partial charge >= 0.3 is 0 Å². The van der Waals surface area contributed by atoms with Gasteiger partial charge in [0, 0.05) is 58.7 Å². The molecule has 0 amide bonds. The molecule has 1 N–H and O–H groups in total. The Morgan fingerprint density at radius 1 is 0.969 bits per heavy atom. The number of aliphatic imine (C=N–C) groups is 1. The lowest BCUT2D eigenvalue weighted by atomic mass is 10.1. The first kappa shape index (κ1) is 24.3. The fraction of sp³-hybridized carbons (Fsp3) is 0.360. The normalized spacial score (nSPS) is 14.8. The van der Waals surface area contributed by atoms with Crippen molar-refractivity contribution < 1.29 is 0 Å². The highest BCUT2D eigenvalue weighted by atomic mass is 127. The Morgan fingerprint density at radius 3 is 2.44 bits per heavy atom. The summed E-state index contributed by atoms with van der Waals surface area (Å²) in [6, 6.07) is 19.3. The van der Waals surface area contributed by atoms with Crippen molar-refractivity contribution in [2.75, 3.05) is 33.2 Å². The zero-order valence-corrected chi connectivity index (χ0v) is 21.3. The first-order chi connectivity index (χ1) is 15.2. The van der Waals surface area contributed by atoms with Gasteiger partial charge < -0.3 is 14.8 Å². The van der Waals surface area contributed by atoms with Gasteiger partial charge in [0.1, 0.15) is 5.82 Å². The van der Waals surface area contributed by atoms with E-state index in [-0.39, 0.29) is 24.0 Å². The van der Waals surface area contributed by atoms with Gasteiger partial charge in [0.15, 0.2) is 5.96 Å². The number of guanidine groups is 1. The fourth-order valence-corrected chi connectivity index (χ4v) is 4.11. The zero-order chi connectivity index (χ0) is 21.5. The molecule has 1 aliphatic heterocycles. The second-order valence-electron chi connectivity index (χ2n) is 8.11. The smallest absolute Gasteiger partial charge is 0.194 e. The molecule has 3 aromatic rings. The summed E-state index contributed by atoms with van der Waals surface area (Å²) in [6.45, 7) is 8.69. The molecule has 2 heterocycles. The molecule has 0 unspecified atom stereocenters. The van der Waals surface area contributed by atoms with Gasteiger partial charge in [-0.25, -0.2) is 4.98 Å². The predicted molar refractivity (Wildman–Crippen MR) is 141 cm³/mol. The molecule has 0 saturated carbocycles. The van der Waals surface area contributed by atoms with Crippen molar-refractivity contribution in [3.05, 3.63) is 89.5 Å². The van der Waals surface area contributed by atoms with Gasteiger partial charge in [-0.1, -0.05) is 60.2 Å². The largest absolute Gasteiger partial charge is 0.349 e. The quantitative estimate of drug-likeness (QED) is 0.292. The van der Waals surface area contributed by atoms with Gasteiger partial charge in [-0.15, -0.1) is 24.0 Å². The van der Waals surface area contributed by atoms with Crippen molar-refractivity contribution in [3.8, 4) is 0 Å². The van der Waals surface area contributed by atoms with Crippen molar-refractivity contribution in [2.45, 2.75) is 26.6 Å². The van der Waals surface area contributed by atoms with Crippen molar-refractivity contribution in [1.82, 2.24) is 24.7 Å². The Bertz CT molecular complexity index is 992. The Labute approximate surface area is 208 Å². The van der Waals surface area contributed by atoms with Crippen molar-refractivity contribution in [3.63, 3.8) is 0 Å². The van der Waals surface area contributed by atoms with Crippen molar-refractivity contribution in [2.24, 2.45) is 4.99 Å². The van der Waals surface area contributed by atoms with Crippen LogP contribution in [0.5, 0.6) is 0 Å². The summed E-state index contributed by atoms with van der Waals surface area (Å²) in [5.74, 6) is 1.97. The molecule has 7 heteroatoms. The number of rotatable bonds is 6. The van der Waals surface area contributed by atoms with Crippen LogP contribution in [0.25, 0.3) is 0 Å². The van der Waals surface area contributed by atoms with Gasteiger partial charge in [-0.05, 0) is 18.1 Å². The van der Waals surface area contributed by atoms with Crippen molar-refractivity contribution >= 4 is 29.9 Å². The third kappa shape index (κ3) is 6.56. The first-order valence-corrected chi connectivity index (χ1v) is 11.0. The van der Waals surface area contributed by atoms with E-state index in [1.165, 1.54) is 16.7 Å². The minimum absolute atomic E-state index is 0. The molecule has 1 fully saturated rings. The van der Waals surface area contributed by atoms with E-state index < -0.39 is 0 Å². The molecule has 1 aliphatic rings. The molecule has 0 radical (unpaired) electrons. The number of hydrogen-bond donors (Lipinski definition) is 1. The maximum atomic E-state index is 4.55. The topological polar surface area (TPSA) is 48.7 Å². The van der Waals surface area contributed by atoms with E-state index in [9.17, 15) is 0 Å². The first-order valence-electron chi connectivity index (χ1n) is 11.0. The van der Waals surface area contributed by atoms with E-state index in [1.807, 2.05) is 25.5 Å². The van der Waals surface area contributed by atoms with E-state index in [0.29, 0.717) is 6.54 Å². The lowest BCUT2D eigenvalue weighted by molar-refractivity contribution is 0.172. The summed E-state index contributed by atoms with van der Waals surface area (Å²) >= 11 is 0. The van der Waals surface area contributed by atoms with Crippen LogP contribution in [0.15, 0.2) is 72.0 Å². The van der Waals surface area contributed by atoms with E-state index in [4.69, 9.17) is 0 Å². The van der Waals surface area contributed by atoms with Crippen LogP contribution < -0.4 is 5.32 Å². The van der Waals surface area contributed by atoms with E-state index in [0.717, 1.165) is 51.1 Å². The summed E-state index contributed by atoms with van der Waals surface area (Å²) in [6.07, 6.45) is 3.91. The number of benzene rings is 2. The van der Waals surface area contributed by atoms with Crippen LogP contribution in [0.1, 0.15) is 22.5 Å². The monoisotopic (exact) mass is 544 g/mol. The Morgan fingerprint density at radius 2 is 1.72 bits per heavy atom. The molecule has 32 heavy (non-hydrogen) atoms. The van der Waals surface area contributed by atoms with Crippen LogP contribution >= 0.6 is 24.0 Å². The Hall–Kier alpha value is -2.39. The van der Waals surface area contributed by atoms with Crippen LogP contribution in [-0.4, -0.2) is 58.5 Å². The van der Waals surface area contributed by atoms with Crippen LogP contribution in [0, 0.1) is 6.92 Å². The molecule has 1 aromatic heterocycles. The number of aromatic nitrogens is 2. The molecule has 1 saturated heterocycles. The molecular formula is C25H33IN6. The average Bonchev–Trinajstić information content (AvgIpc) is 3.23. The van der Waals surface area contributed by atoms with Crippen LogP contribution in [0.2, 0.25) is 0 Å². The Balaban J connectivity index is 0.00000289. The highest BCUT2D eigenvalue weighted by molar-refractivity contribution is 14.0. The molecule has 0 spiro atoms. The third-order valence-corrected chi connectivity index (χ3v) is 5.77. The highest BCUT2D eigenvalue weighted by Crippen LogP contribution is 2.11. The molecule has 0 atom stereocenters.